The highest BCUT2D eigenvalue weighted by Gasteiger charge is 2.45. The van der Waals surface area contributed by atoms with Crippen LogP contribution in [0.3, 0.4) is 0 Å². The molecule has 4 rings (SSSR count). The van der Waals surface area contributed by atoms with Gasteiger partial charge in [0.1, 0.15) is 0 Å². The third kappa shape index (κ3) is 5.30. The Balaban J connectivity index is 1.50. The standard InChI is InChI=1S/C23H26ClN5O5S/c1-23(21(31)28-22(32)29-23)18-11-26-19(12-25-18)27-20(30)10-15(13-5-3-4-6-13)14-7-8-17(16(24)9-14)35(2,33)34/h7-9,11-13,15H,3-6,10H2,1-2H3,(H,26,27,30)(H2,28,29,31,32)/t15-,23?/m1/s1. The molecule has 35 heavy (non-hydrogen) atoms. The van der Waals surface area contributed by atoms with Crippen molar-refractivity contribution in [2.24, 2.45) is 5.92 Å². The Hall–Kier alpha value is -3.05. The number of sulfone groups is 1. The van der Waals surface area contributed by atoms with E-state index >= 15 is 0 Å². The summed E-state index contributed by atoms with van der Waals surface area (Å²) in [6.07, 6.45) is 8.04. The minimum absolute atomic E-state index is 0.0636. The molecule has 0 radical (unpaired) electrons. The number of aromatic nitrogens is 2. The summed E-state index contributed by atoms with van der Waals surface area (Å²) >= 11 is 6.28. The molecule has 1 unspecified atom stereocenters. The fraction of sp³-hybridized carbons (Fsp3) is 0.435. The second kappa shape index (κ2) is 9.54. The highest BCUT2D eigenvalue weighted by Crippen LogP contribution is 2.41. The Bertz CT molecular complexity index is 1280. The molecule has 1 aliphatic heterocycles. The van der Waals surface area contributed by atoms with Gasteiger partial charge in [0.05, 0.1) is 28.0 Å². The number of nitrogens with zero attached hydrogens (tertiary/aromatic N) is 2. The molecule has 0 spiro atoms. The van der Waals surface area contributed by atoms with E-state index in [1.165, 1.54) is 25.4 Å². The van der Waals surface area contributed by atoms with Gasteiger partial charge in [0, 0.05) is 12.7 Å². The predicted octanol–water partition coefficient (Wildman–Crippen LogP) is 2.89. The summed E-state index contributed by atoms with van der Waals surface area (Å²) in [4.78, 5) is 44.9. The van der Waals surface area contributed by atoms with Crippen LogP contribution in [0.1, 0.15) is 56.2 Å². The van der Waals surface area contributed by atoms with Crippen LogP contribution in [0.25, 0.3) is 0 Å². The Kier molecular flexibility index (Phi) is 6.83. The molecular weight excluding hydrogens is 494 g/mol. The van der Waals surface area contributed by atoms with Crippen molar-refractivity contribution >= 4 is 45.1 Å². The number of amides is 4. The highest BCUT2D eigenvalue weighted by molar-refractivity contribution is 7.90. The zero-order valence-electron chi connectivity index (χ0n) is 19.3. The van der Waals surface area contributed by atoms with Gasteiger partial charge in [-0.15, -0.1) is 0 Å². The minimum atomic E-state index is -3.45. The fourth-order valence-corrected chi connectivity index (χ4v) is 6.07. The molecule has 12 heteroatoms. The zero-order chi connectivity index (χ0) is 25.4. The molecule has 1 saturated carbocycles. The van der Waals surface area contributed by atoms with Crippen LogP contribution in [0.4, 0.5) is 10.6 Å². The van der Waals surface area contributed by atoms with Gasteiger partial charge < -0.3 is 10.6 Å². The van der Waals surface area contributed by atoms with E-state index in [9.17, 15) is 22.8 Å². The average Bonchev–Trinajstić information content (AvgIpc) is 3.39. The van der Waals surface area contributed by atoms with Crippen LogP contribution < -0.4 is 16.0 Å². The van der Waals surface area contributed by atoms with Gasteiger partial charge in [-0.2, -0.15) is 0 Å². The lowest BCUT2D eigenvalue weighted by Gasteiger charge is -2.24. The minimum Gasteiger partial charge on any atom is -0.318 e. The van der Waals surface area contributed by atoms with Crippen molar-refractivity contribution in [3.05, 3.63) is 46.9 Å². The van der Waals surface area contributed by atoms with E-state index in [2.05, 4.69) is 25.9 Å². The molecule has 1 aliphatic carbocycles. The van der Waals surface area contributed by atoms with Crippen molar-refractivity contribution in [2.45, 2.75) is 55.4 Å². The maximum absolute atomic E-state index is 12.9. The van der Waals surface area contributed by atoms with Gasteiger partial charge in [-0.25, -0.2) is 18.2 Å². The number of rotatable bonds is 7. The molecule has 10 nitrogen and oxygen atoms in total. The quantitative estimate of drug-likeness (QED) is 0.476. The van der Waals surface area contributed by atoms with Crippen LogP contribution in [0, 0.1) is 5.92 Å². The number of nitrogens with one attached hydrogen (secondary N) is 3. The van der Waals surface area contributed by atoms with Crippen LogP contribution in [0.15, 0.2) is 35.5 Å². The summed E-state index contributed by atoms with van der Waals surface area (Å²) in [5.74, 6) is -0.451. The molecule has 2 aromatic rings. The molecule has 1 saturated heterocycles. The lowest BCUT2D eigenvalue weighted by molar-refractivity contribution is -0.123. The molecule has 0 bridgehead atoms. The molecule has 4 amide bonds. The summed E-state index contributed by atoms with van der Waals surface area (Å²) in [6.45, 7) is 1.52. The summed E-state index contributed by atoms with van der Waals surface area (Å²) in [5, 5.41) is 7.56. The average molecular weight is 520 g/mol. The monoisotopic (exact) mass is 519 g/mol. The fourth-order valence-electron chi connectivity index (χ4n) is 4.73. The molecule has 2 heterocycles. The second-order valence-corrected chi connectivity index (χ2v) is 11.6. The van der Waals surface area contributed by atoms with E-state index in [0.717, 1.165) is 37.5 Å². The predicted molar refractivity (Wildman–Crippen MR) is 129 cm³/mol. The number of urea groups is 1. The highest BCUT2D eigenvalue weighted by atomic mass is 35.5. The number of imide groups is 1. The first kappa shape index (κ1) is 25.1. The first-order chi connectivity index (χ1) is 16.5. The van der Waals surface area contributed by atoms with Crippen LogP contribution in [0.5, 0.6) is 0 Å². The normalized spacial score (nSPS) is 21.5. The van der Waals surface area contributed by atoms with Gasteiger partial charge in [-0.1, -0.05) is 30.5 Å². The van der Waals surface area contributed by atoms with E-state index < -0.39 is 27.3 Å². The Morgan fingerprint density at radius 2 is 1.94 bits per heavy atom. The summed E-state index contributed by atoms with van der Waals surface area (Å²) in [7, 11) is -3.45. The van der Waals surface area contributed by atoms with Crippen LogP contribution in [0.2, 0.25) is 5.02 Å². The van der Waals surface area contributed by atoms with Crippen LogP contribution in [-0.4, -0.2) is 42.5 Å². The van der Waals surface area contributed by atoms with Gasteiger partial charge in [0.25, 0.3) is 5.91 Å². The van der Waals surface area contributed by atoms with Crippen molar-refractivity contribution in [3.8, 4) is 0 Å². The lowest BCUT2D eigenvalue weighted by atomic mass is 9.82. The summed E-state index contributed by atoms with van der Waals surface area (Å²) < 4.78 is 23.9. The van der Waals surface area contributed by atoms with Crippen molar-refractivity contribution in [1.82, 2.24) is 20.6 Å². The summed E-state index contributed by atoms with van der Waals surface area (Å²) in [5.41, 5.74) is -0.275. The molecule has 2 atom stereocenters. The number of benzene rings is 1. The molecular formula is C23H26ClN5O5S. The summed E-state index contributed by atoms with van der Waals surface area (Å²) in [6, 6.07) is 4.26. The lowest BCUT2D eigenvalue weighted by Crippen LogP contribution is -2.41. The van der Waals surface area contributed by atoms with E-state index in [0.29, 0.717) is 0 Å². The Labute approximate surface area is 208 Å². The molecule has 186 valence electrons. The molecule has 1 aromatic heterocycles. The Morgan fingerprint density at radius 3 is 2.49 bits per heavy atom. The van der Waals surface area contributed by atoms with Gasteiger partial charge in [0.15, 0.2) is 21.2 Å². The first-order valence-electron chi connectivity index (χ1n) is 11.2. The zero-order valence-corrected chi connectivity index (χ0v) is 20.9. The van der Waals surface area contributed by atoms with Gasteiger partial charge in [-0.3, -0.25) is 19.9 Å². The number of carbonyl (C=O) groups excluding carboxylic acids is 3. The van der Waals surface area contributed by atoms with Crippen molar-refractivity contribution in [2.75, 3.05) is 11.6 Å². The number of hydrogen-bond acceptors (Lipinski definition) is 7. The van der Waals surface area contributed by atoms with Crippen molar-refractivity contribution in [1.29, 1.82) is 0 Å². The smallest absolute Gasteiger partial charge is 0.318 e. The molecule has 1 aromatic carbocycles. The molecule has 3 N–H and O–H groups in total. The Morgan fingerprint density at radius 1 is 1.23 bits per heavy atom. The second-order valence-electron chi connectivity index (χ2n) is 9.19. The van der Waals surface area contributed by atoms with Gasteiger partial charge in [-0.05, 0) is 49.3 Å². The maximum Gasteiger partial charge on any atom is 0.322 e. The van der Waals surface area contributed by atoms with Gasteiger partial charge >= 0.3 is 6.03 Å². The molecule has 2 aliphatic rings. The van der Waals surface area contributed by atoms with Crippen molar-refractivity contribution < 1.29 is 22.8 Å². The molecule has 2 fully saturated rings. The first-order valence-corrected chi connectivity index (χ1v) is 13.5. The number of anilines is 1. The maximum atomic E-state index is 12.9. The van der Waals surface area contributed by atoms with Crippen molar-refractivity contribution in [3.63, 3.8) is 0 Å². The van der Waals surface area contributed by atoms with Crippen LogP contribution in [-0.2, 0) is 25.0 Å². The van der Waals surface area contributed by atoms with E-state index in [1.54, 1.807) is 12.1 Å². The number of hydrogen-bond donors (Lipinski definition) is 3. The SMILES string of the molecule is CC1(c2cnc(NC(=O)C[C@@H](c3ccc(S(C)(=O)=O)c(Cl)c3)C3CCCC3)cn2)NC(=O)NC1=O. The largest absolute Gasteiger partial charge is 0.322 e. The third-order valence-corrected chi connectivity index (χ3v) is 8.21. The topological polar surface area (TPSA) is 147 Å². The van der Waals surface area contributed by atoms with Crippen LogP contribution >= 0.6 is 11.6 Å². The van der Waals surface area contributed by atoms with E-state index in [4.69, 9.17) is 11.6 Å². The third-order valence-electron chi connectivity index (χ3n) is 6.63. The number of carbonyl (C=O) groups is 3. The van der Waals surface area contributed by atoms with Gasteiger partial charge in [0.2, 0.25) is 5.91 Å². The van der Waals surface area contributed by atoms with E-state index in [1.807, 2.05) is 0 Å². The van der Waals surface area contributed by atoms with E-state index in [-0.39, 0.29) is 45.6 Å². The number of halogens is 1.